The summed E-state index contributed by atoms with van der Waals surface area (Å²) in [6, 6.07) is 0. The molecule has 0 fully saturated rings. The monoisotopic (exact) mass is 296 g/mol. The summed E-state index contributed by atoms with van der Waals surface area (Å²) in [6.45, 7) is 3.15. The van der Waals surface area contributed by atoms with Crippen LogP contribution in [-0.4, -0.2) is 77.6 Å². The maximum atomic E-state index is 11.0. The summed E-state index contributed by atoms with van der Waals surface area (Å²) in [5, 5.41) is 2.78. The third-order valence-corrected chi connectivity index (χ3v) is 3.08. The summed E-state index contributed by atoms with van der Waals surface area (Å²) in [5.41, 5.74) is 0. The molecule has 0 aliphatic heterocycles. The van der Waals surface area contributed by atoms with E-state index in [1.165, 1.54) is 57.8 Å². The Balaban J connectivity index is 0. The van der Waals surface area contributed by atoms with Gasteiger partial charge in [-0.15, -0.1) is 0 Å². The zero-order chi connectivity index (χ0) is 13.5. The summed E-state index contributed by atoms with van der Waals surface area (Å²) in [6.07, 6.45) is 13.1. The van der Waals surface area contributed by atoms with Crippen LogP contribution in [0.25, 0.3) is 0 Å². The molecule has 4 heteroatoms. The molecule has 0 bridgehead atoms. The van der Waals surface area contributed by atoms with Crippen LogP contribution in [0.2, 0.25) is 0 Å². The molecule has 0 aliphatic carbocycles. The normalized spacial score (nSPS) is 10.0. The van der Waals surface area contributed by atoms with E-state index >= 15 is 0 Å². The molecule has 0 aliphatic rings. The van der Waals surface area contributed by atoms with Gasteiger partial charge >= 0.3 is 5.97 Å². The predicted molar refractivity (Wildman–Crippen MR) is 82.5 cm³/mol. The topological polar surface area (TPSA) is 38.3 Å². The number of unbranched alkanes of at least 4 members (excludes halogenated alkanes) is 9. The molecule has 0 rings (SSSR count). The molecule has 0 atom stereocenters. The molecule has 0 aromatic heterocycles. The van der Waals surface area contributed by atoms with E-state index in [-0.39, 0.29) is 57.4 Å². The van der Waals surface area contributed by atoms with Crippen molar-refractivity contribution in [3.05, 3.63) is 0 Å². The van der Waals surface area contributed by atoms with E-state index in [0.29, 0.717) is 13.2 Å². The van der Waals surface area contributed by atoms with Gasteiger partial charge < -0.3 is 10.1 Å². The molecule has 0 spiro atoms. The van der Waals surface area contributed by atoms with Crippen LogP contribution in [0, 0.1) is 0 Å². The molecule has 0 saturated carbocycles. The first-order valence-electron chi connectivity index (χ1n) is 7.61. The fourth-order valence-corrected chi connectivity index (χ4v) is 1.97. The van der Waals surface area contributed by atoms with Crippen LogP contribution in [0.3, 0.4) is 0 Å². The Morgan fingerprint density at radius 2 is 1.37 bits per heavy atom. The Kier molecular flexibility index (Phi) is 22.4. The largest absolute Gasteiger partial charge is 0.465 e. The van der Waals surface area contributed by atoms with E-state index in [1.807, 2.05) is 0 Å². The van der Waals surface area contributed by atoms with Crippen LogP contribution < -0.4 is 5.32 Å². The zero-order valence-electron chi connectivity index (χ0n) is 13.3. The van der Waals surface area contributed by atoms with Gasteiger partial charge in [-0.05, 0) is 13.5 Å². The van der Waals surface area contributed by atoms with Gasteiger partial charge in [0.25, 0.3) is 0 Å². The average molecular weight is 297 g/mol. The molecule has 19 heavy (non-hydrogen) atoms. The van der Waals surface area contributed by atoms with Gasteiger partial charge in [0.2, 0.25) is 0 Å². The Morgan fingerprint density at radius 1 is 0.895 bits per heavy atom. The molecule has 0 heterocycles. The van der Waals surface area contributed by atoms with Crippen molar-refractivity contribution in [2.45, 2.75) is 71.1 Å². The molecular weight excluding hydrogens is 265 g/mol. The van der Waals surface area contributed by atoms with Gasteiger partial charge in [0.1, 0.15) is 0 Å². The standard InChI is InChI=1S/C15H31NO2.K/c1-3-4-5-6-7-8-9-10-11-12-13-18-15(17)14-16-2;/h16H,3-14H2,1-2H3;. The van der Waals surface area contributed by atoms with Crippen LogP contribution in [0.5, 0.6) is 0 Å². The maximum Gasteiger partial charge on any atom is 0.319 e. The number of carbonyl (C=O) groups is 1. The fourth-order valence-electron chi connectivity index (χ4n) is 1.97. The summed E-state index contributed by atoms with van der Waals surface area (Å²) in [4.78, 5) is 11.0. The molecule has 0 aromatic rings. The quantitative estimate of drug-likeness (QED) is 0.322. The molecule has 1 radical (unpaired) electrons. The summed E-state index contributed by atoms with van der Waals surface area (Å²) in [5.74, 6) is -0.145. The molecule has 0 aromatic carbocycles. The van der Waals surface area contributed by atoms with Crippen molar-refractivity contribution in [1.82, 2.24) is 5.32 Å². The number of nitrogens with one attached hydrogen (secondary N) is 1. The first kappa shape index (κ1) is 22.3. The molecule has 109 valence electrons. The predicted octanol–water partition coefficient (Wildman–Crippen LogP) is 3.29. The van der Waals surface area contributed by atoms with Gasteiger partial charge in [-0.25, -0.2) is 0 Å². The van der Waals surface area contributed by atoms with E-state index in [4.69, 9.17) is 4.74 Å². The van der Waals surface area contributed by atoms with Gasteiger partial charge in [0.05, 0.1) is 13.2 Å². The molecule has 0 saturated heterocycles. The van der Waals surface area contributed by atoms with E-state index < -0.39 is 0 Å². The maximum absolute atomic E-state index is 11.0. The number of ether oxygens (including phenoxy) is 1. The second-order valence-electron chi connectivity index (χ2n) is 4.93. The van der Waals surface area contributed by atoms with Crippen molar-refractivity contribution in [2.75, 3.05) is 20.2 Å². The number of esters is 1. The van der Waals surface area contributed by atoms with Crippen molar-refractivity contribution < 1.29 is 9.53 Å². The third kappa shape index (κ3) is 19.1. The van der Waals surface area contributed by atoms with Crippen LogP contribution in [0.1, 0.15) is 71.1 Å². The molecule has 1 N–H and O–H groups in total. The molecule has 0 amide bonds. The Hall–Kier alpha value is 1.07. The molecule has 3 nitrogen and oxygen atoms in total. The van der Waals surface area contributed by atoms with E-state index in [0.717, 1.165) is 6.42 Å². The van der Waals surface area contributed by atoms with Crippen LogP contribution >= 0.6 is 0 Å². The molecule has 0 unspecified atom stereocenters. The summed E-state index contributed by atoms with van der Waals surface area (Å²) >= 11 is 0. The van der Waals surface area contributed by atoms with Crippen molar-refractivity contribution in [1.29, 1.82) is 0 Å². The summed E-state index contributed by atoms with van der Waals surface area (Å²) in [7, 11) is 1.75. The number of carbonyl (C=O) groups excluding carboxylic acids is 1. The minimum absolute atomic E-state index is 0. The van der Waals surface area contributed by atoms with Gasteiger partial charge in [-0.1, -0.05) is 64.7 Å². The van der Waals surface area contributed by atoms with Crippen molar-refractivity contribution in [2.24, 2.45) is 0 Å². The first-order chi connectivity index (χ1) is 8.81. The molecular formula is C15H31KNO2. The van der Waals surface area contributed by atoms with Gasteiger partial charge in [-0.2, -0.15) is 0 Å². The van der Waals surface area contributed by atoms with Crippen molar-refractivity contribution in [3.63, 3.8) is 0 Å². The SMILES string of the molecule is CCCCCCCCCCCCOC(=O)CNC.[K]. The Labute approximate surface area is 162 Å². The number of likely N-dealkylation sites (N-methyl/N-ethyl adjacent to an activating group) is 1. The van der Waals surface area contributed by atoms with Crippen LogP contribution in [0.4, 0.5) is 0 Å². The second kappa shape index (κ2) is 19.1. The van der Waals surface area contributed by atoms with E-state index in [1.54, 1.807) is 7.05 Å². The Morgan fingerprint density at radius 3 is 1.84 bits per heavy atom. The third-order valence-electron chi connectivity index (χ3n) is 3.08. The van der Waals surface area contributed by atoms with Gasteiger partial charge in [0, 0.05) is 51.4 Å². The minimum Gasteiger partial charge on any atom is -0.465 e. The smallest absolute Gasteiger partial charge is 0.319 e. The number of hydrogen-bond acceptors (Lipinski definition) is 3. The minimum atomic E-state index is -0.145. The van der Waals surface area contributed by atoms with Crippen molar-refractivity contribution >= 4 is 57.4 Å². The number of hydrogen-bond donors (Lipinski definition) is 1. The Bertz CT molecular complexity index is 189. The van der Waals surface area contributed by atoms with Crippen LogP contribution in [-0.2, 0) is 9.53 Å². The fraction of sp³-hybridized carbons (Fsp3) is 0.933. The average Bonchev–Trinajstić information content (AvgIpc) is 2.36. The zero-order valence-corrected chi connectivity index (χ0v) is 16.4. The van der Waals surface area contributed by atoms with E-state index in [2.05, 4.69) is 12.2 Å². The van der Waals surface area contributed by atoms with Crippen molar-refractivity contribution in [3.8, 4) is 0 Å². The first-order valence-corrected chi connectivity index (χ1v) is 7.61. The van der Waals surface area contributed by atoms with Gasteiger partial charge in [-0.3, -0.25) is 4.79 Å². The second-order valence-corrected chi connectivity index (χ2v) is 4.93. The van der Waals surface area contributed by atoms with E-state index in [9.17, 15) is 4.79 Å². The number of rotatable bonds is 13. The summed E-state index contributed by atoms with van der Waals surface area (Å²) < 4.78 is 5.05. The van der Waals surface area contributed by atoms with Gasteiger partial charge in [0.15, 0.2) is 0 Å². The van der Waals surface area contributed by atoms with Crippen LogP contribution in [0.15, 0.2) is 0 Å².